The molecule has 3 aliphatic rings. The highest BCUT2D eigenvalue weighted by molar-refractivity contribution is 5.34. The number of rotatable bonds is 8. The molecule has 5 rings (SSSR count). The molecule has 39 heavy (non-hydrogen) atoms. The van der Waals surface area contributed by atoms with Gasteiger partial charge >= 0.3 is 0 Å². The molecule has 3 saturated carbocycles. The first-order chi connectivity index (χ1) is 19.0. The molecule has 2 aromatic rings. The summed E-state index contributed by atoms with van der Waals surface area (Å²) in [6.45, 7) is 1.03. The summed E-state index contributed by atoms with van der Waals surface area (Å²) in [6, 6.07) is 8.44. The third-order valence-electron chi connectivity index (χ3n) is 10.4. The fourth-order valence-electron chi connectivity index (χ4n) is 8.15. The molecule has 0 unspecified atom stereocenters. The minimum absolute atomic E-state index is 0.00360. The predicted octanol–water partition coefficient (Wildman–Crippen LogP) is 10.7. The van der Waals surface area contributed by atoms with Gasteiger partial charge in [-0.3, -0.25) is 0 Å². The van der Waals surface area contributed by atoms with Crippen LogP contribution in [0.15, 0.2) is 30.3 Å². The van der Waals surface area contributed by atoms with Crippen molar-refractivity contribution in [3.63, 3.8) is 0 Å². The van der Waals surface area contributed by atoms with Gasteiger partial charge in [0.2, 0.25) is 6.86 Å². The quantitative estimate of drug-likeness (QED) is 0.300. The minimum atomic E-state index is -1.27. The van der Waals surface area contributed by atoms with Crippen molar-refractivity contribution in [3.05, 3.63) is 64.5 Å². The summed E-state index contributed by atoms with van der Waals surface area (Å²) in [5.41, 5.74) is 2.49. The molecule has 0 radical (unpaired) electrons. The Balaban J connectivity index is 1.13. The van der Waals surface area contributed by atoms with Gasteiger partial charge in [-0.1, -0.05) is 44.7 Å². The maximum Gasteiger partial charge on any atom is 0.228 e. The largest absolute Gasteiger partial charge is 0.457 e. The molecule has 3 fully saturated rings. The standard InChI is InChI=1S/C34H44F4O/c1-2-3-22-4-6-23(7-5-22)24-8-10-25(11-9-24)28-16-17-30(31(36)18-28)27-14-12-26(13-15-27)29-19-32(37)34(39-21-35)33(38)20-29/h16-20,22-27H,2-15,21H2,1H3. The minimum Gasteiger partial charge on any atom is -0.457 e. The third-order valence-corrected chi connectivity index (χ3v) is 10.4. The van der Waals surface area contributed by atoms with E-state index in [4.69, 9.17) is 0 Å². The van der Waals surface area contributed by atoms with Crippen LogP contribution in [0.2, 0.25) is 0 Å². The fourth-order valence-corrected chi connectivity index (χ4v) is 8.15. The molecule has 2 aromatic carbocycles. The van der Waals surface area contributed by atoms with Crippen LogP contribution in [0, 0.1) is 35.2 Å². The lowest BCUT2D eigenvalue weighted by Crippen LogP contribution is -2.25. The Kier molecular flexibility index (Phi) is 9.56. The van der Waals surface area contributed by atoms with Crippen molar-refractivity contribution in [3.8, 4) is 5.75 Å². The van der Waals surface area contributed by atoms with Crippen LogP contribution in [0.4, 0.5) is 17.6 Å². The van der Waals surface area contributed by atoms with Crippen LogP contribution in [0.5, 0.6) is 5.75 Å². The lowest BCUT2D eigenvalue weighted by atomic mass is 9.68. The molecule has 1 nitrogen and oxygen atoms in total. The Morgan fingerprint density at radius 2 is 1.15 bits per heavy atom. The molecule has 3 aliphatic carbocycles. The van der Waals surface area contributed by atoms with Crippen LogP contribution < -0.4 is 4.74 Å². The molecule has 5 heteroatoms. The Morgan fingerprint density at radius 1 is 0.641 bits per heavy atom. The summed E-state index contributed by atoms with van der Waals surface area (Å²) in [5.74, 6) is 0.796. The first-order valence-electron chi connectivity index (χ1n) is 15.4. The van der Waals surface area contributed by atoms with Crippen molar-refractivity contribution < 1.29 is 22.3 Å². The van der Waals surface area contributed by atoms with E-state index in [9.17, 15) is 13.2 Å². The maximum atomic E-state index is 15.4. The second kappa shape index (κ2) is 13.1. The number of alkyl halides is 1. The van der Waals surface area contributed by atoms with Gasteiger partial charge in [-0.05, 0) is 135 Å². The first-order valence-corrected chi connectivity index (χ1v) is 15.4. The molecule has 0 aliphatic heterocycles. The molecular weight excluding hydrogens is 500 g/mol. The molecule has 0 N–H and O–H groups in total. The van der Waals surface area contributed by atoms with E-state index in [1.807, 2.05) is 6.07 Å². The summed E-state index contributed by atoms with van der Waals surface area (Å²) < 4.78 is 60.6. The van der Waals surface area contributed by atoms with Crippen molar-refractivity contribution >= 4 is 0 Å². The van der Waals surface area contributed by atoms with Crippen molar-refractivity contribution in [2.45, 2.75) is 115 Å². The zero-order valence-electron chi connectivity index (χ0n) is 23.4. The average molecular weight is 545 g/mol. The number of ether oxygens (including phenoxy) is 1. The van der Waals surface area contributed by atoms with Crippen LogP contribution >= 0.6 is 0 Å². The van der Waals surface area contributed by atoms with Gasteiger partial charge in [0.25, 0.3) is 0 Å². The molecular formula is C34H44F4O. The molecule has 0 atom stereocenters. The van der Waals surface area contributed by atoms with Gasteiger partial charge in [0.1, 0.15) is 5.82 Å². The number of halogens is 4. The lowest BCUT2D eigenvalue weighted by Gasteiger charge is -2.38. The van der Waals surface area contributed by atoms with Crippen LogP contribution in [0.3, 0.4) is 0 Å². The van der Waals surface area contributed by atoms with Gasteiger partial charge in [0.15, 0.2) is 17.4 Å². The highest BCUT2D eigenvalue weighted by atomic mass is 19.1. The Bertz CT molecular complexity index is 1050. The zero-order valence-corrected chi connectivity index (χ0v) is 23.4. The Labute approximate surface area is 231 Å². The monoisotopic (exact) mass is 544 g/mol. The van der Waals surface area contributed by atoms with Gasteiger partial charge in [0.05, 0.1) is 0 Å². The van der Waals surface area contributed by atoms with Crippen LogP contribution in [-0.4, -0.2) is 6.86 Å². The number of hydrogen-bond donors (Lipinski definition) is 0. The summed E-state index contributed by atoms with van der Waals surface area (Å²) in [4.78, 5) is 0. The van der Waals surface area contributed by atoms with Gasteiger partial charge in [0, 0.05) is 0 Å². The van der Waals surface area contributed by atoms with E-state index in [1.165, 1.54) is 76.3 Å². The van der Waals surface area contributed by atoms with Crippen molar-refractivity contribution in [1.29, 1.82) is 0 Å². The van der Waals surface area contributed by atoms with E-state index in [1.54, 1.807) is 6.07 Å². The van der Waals surface area contributed by atoms with Crippen molar-refractivity contribution in [2.24, 2.45) is 17.8 Å². The zero-order chi connectivity index (χ0) is 27.4. The average Bonchev–Trinajstić information content (AvgIpc) is 2.96. The van der Waals surface area contributed by atoms with Gasteiger partial charge in [-0.2, -0.15) is 0 Å². The van der Waals surface area contributed by atoms with Crippen molar-refractivity contribution in [2.75, 3.05) is 6.86 Å². The smallest absolute Gasteiger partial charge is 0.228 e. The normalized spacial score (nSPS) is 29.8. The summed E-state index contributed by atoms with van der Waals surface area (Å²) in [6.07, 6.45) is 16.3. The van der Waals surface area contributed by atoms with E-state index in [0.717, 1.165) is 54.6 Å². The van der Waals surface area contributed by atoms with Gasteiger partial charge in [-0.25, -0.2) is 17.6 Å². The van der Waals surface area contributed by atoms with Crippen LogP contribution in [0.25, 0.3) is 0 Å². The van der Waals surface area contributed by atoms with E-state index in [0.29, 0.717) is 11.5 Å². The topological polar surface area (TPSA) is 9.23 Å². The molecule has 214 valence electrons. The molecule has 0 heterocycles. The maximum absolute atomic E-state index is 15.4. The van der Waals surface area contributed by atoms with E-state index < -0.39 is 24.2 Å². The summed E-state index contributed by atoms with van der Waals surface area (Å²) >= 11 is 0. The van der Waals surface area contributed by atoms with E-state index in [-0.39, 0.29) is 17.7 Å². The second-order valence-corrected chi connectivity index (χ2v) is 12.6. The Morgan fingerprint density at radius 3 is 1.72 bits per heavy atom. The predicted molar refractivity (Wildman–Crippen MR) is 148 cm³/mol. The second-order valence-electron chi connectivity index (χ2n) is 12.6. The molecule has 0 saturated heterocycles. The van der Waals surface area contributed by atoms with Gasteiger partial charge < -0.3 is 4.74 Å². The molecule has 0 amide bonds. The summed E-state index contributed by atoms with van der Waals surface area (Å²) in [7, 11) is 0. The SMILES string of the molecule is CCCC1CCC(C2CCC(c3ccc(C4CCC(c5cc(F)c(OCF)c(F)c5)CC4)c(F)c3)CC2)CC1. The molecule has 0 spiro atoms. The van der Waals surface area contributed by atoms with Gasteiger partial charge in [-0.15, -0.1) is 0 Å². The summed E-state index contributed by atoms with van der Waals surface area (Å²) in [5, 5.41) is 0. The third kappa shape index (κ3) is 6.65. The lowest BCUT2D eigenvalue weighted by molar-refractivity contribution is 0.156. The van der Waals surface area contributed by atoms with E-state index >= 15 is 4.39 Å². The van der Waals surface area contributed by atoms with Crippen molar-refractivity contribution in [1.82, 2.24) is 0 Å². The number of benzene rings is 2. The Hall–Kier alpha value is -2.04. The fraction of sp³-hybridized carbons (Fsp3) is 0.647. The van der Waals surface area contributed by atoms with Crippen LogP contribution in [0.1, 0.15) is 131 Å². The van der Waals surface area contributed by atoms with Crippen LogP contribution in [-0.2, 0) is 0 Å². The highest BCUT2D eigenvalue weighted by Gasteiger charge is 2.32. The molecule has 0 bridgehead atoms. The highest BCUT2D eigenvalue weighted by Crippen LogP contribution is 2.46. The molecule has 0 aromatic heterocycles. The van der Waals surface area contributed by atoms with E-state index in [2.05, 4.69) is 17.7 Å². The number of hydrogen-bond acceptors (Lipinski definition) is 1. The first kappa shape index (κ1) is 28.5.